The van der Waals surface area contributed by atoms with E-state index in [-0.39, 0.29) is 24.0 Å². The van der Waals surface area contributed by atoms with Gasteiger partial charge in [-0.2, -0.15) is 0 Å². The van der Waals surface area contributed by atoms with Crippen LogP contribution in [0.1, 0.15) is 37.1 Å². The Kier molecular flexibility index (Phi) is 5.44. The predicted octanol–water partition coefficient (Wildman–Crippen LogP) is 2.84. The van der Waals surface area contributed by atoms with Crippen LogP contribution in [0.3, 0.4) is 0 Å². The standard InChI is InChI=1S/C15H21N5.HI/c1-10-5-4-8-12-14(10)20-13(19-12)9-17-15(16)18-11-6-2-3-7-11;/h4-5,8,11H,2-3,6-7,9H2,1H3,(H,19,20)(H3,16,17,18);1H. The molecule has 0 atom stereocenters. The molecule has 0 bridgehead atoms. The first-order chi connectivity index (χ1) is 9.72. The number of rotatable bonds is 3. The number of nitrogens with two attached hydrogens (primary N) is 1. The summed E-state index contributed by atoms with van der Waals surface area (Å²) in [6, 6.07) is 6.62. The third-order valence-corrected chi connectivity index (χ3v) is 3.87. The zero-order valence-electron chi connectivity index (χ0n) is 12.2. The summed E-state index contributed by atoms with van der Waals surface area (Å²) in [5.41, 5.74) is 9.16. The maximum atomic E-state index is 5.92. The number of guanidine groups is 1. The lowest BCUT2D eigenvalue weighted by molar-refractivity contribution is 0.625. The minimum Gasteiger partial charge on any atom is -0.370 e. The molecule has 3 rings (SSSR count). The van der Waals surface area contributed by atoms with E-state index in [9.17, 15) is 0 Å². The molecule has 1 saturated carbocycles. The number of nitrogens with one attached hydrogen (secondary N) is 2. The van der Waals surface area contributed by atoms with Crippen LogP contribution in [0.5, 0.6) is 0 Å². The van der Waals surface area contributed by atoms with E-state index in [4.69, 9.17) is 5.73 Å². The van der Waals surface area contributed by atoms with Gasteiger partial charge in [0.25, 0.3) is 0 Å². The Hall–Kier alpha value is -1.31. The highest BCUT2D eigenvalue weighted by atomic mass is 127. The zero-order chi connectivity index (χ0) is 13.9. The van der Waals surface area contributed by atoms with E-state index in [0.29, 0.717) is 18.5 Å². The number of aliphatic imine (C=N–C) groups is 1. The highest BCUT2D eigenvalue weighted by Gasteiger charge is 2.14. The SMILES string of the molecule is Cc1cccc2[nH]c(CN=C(N)NC3CCCC3)nc12.I. The lowest BCUT2D eigenvalue weighted by Crippen LogP contribution is -2.38. The molecule has 21 heavy (non-hydrogen) atoms. The molecule has 0 saturated heterocycles. The Morgan fingerprint density at radius 2 is 2.19 bits per heavy atom. The quantitative estimate of drug-likeness (QED) is 0.422. The topological polar surface area (TPSA) is 79.1 Å². The van der Waals surface area contributed by atoms with Crippen LogP contribution in [-0.2, 0) is 6.54 Å². The van der Waals surface area contributed by atoms with Crippen molar-refractivity contribution in [2.45, 2.75) is 45.2 Å². The lowest BCUT2D eigenvalue weighted by Gasteiger charge is -2.11. The number of hydrogen-bond donors (Lipinski definition) is 3. The van der Waals surface area contributed by atoms with Gasteiger partial charge in [0, 0.05) is 6.04 Å². The number of halogens is 1. The van der Waals surface area contributed by atoms with Crippen molar-refractivity contribution in [2.75, 3.05) is 0 Å². The number of fused-ring (bicyclic) bond motifs is 1. The van der Waals surface area contributed by atoms with Gasteiger partial charge in [0.2, 0.25) is 0 Å². The molecule has 4 N–H and O–H groups in total. The fourth-order valence-electron chi connectivity index (χ4n) is 2.79. The van der Waals surface area contributed by atoms with Gasteiger partial charge in [-0.3, -0.25) is 0 Å². The van der Waals surface area contributed by atoms with Gasteiger partial charge < -0.3 is 16.0 Å². The number of hydrogen-bond acceptors (Lipinski definition) is 2. The Morgan fingerprint density at radius 1 is 1.43 bits per heavy atom. The second-order valence-electron chi connectivity index (χ2n) is 5.48. The van der Waals surface area contributed by atoms with Crippen LogP contribution in [0.15, 0.2) is 23.2 Å². The largest absolute Gasteiger partial charge is 0.370 e. The van der Waals surface area contributed by atoms with Crippen molar-refractivity contribution in [3.63, 3.8) is 0 Å². The van der Waals surface area contributed by atoms with E-state index < -0.39 is 0 Å². The van der Waals surface area contributed by atoms with Crippen molar-refractivity contribution < 1.29 is 0 Å². The van der Waals surface area contributed by atoms with Crippen molar-refractivity contribution in [1.29, 1.82) is 0 Å². The summed E-state index contributed by atoms with van der Waals surface area (Å²) in [5, 5.41) is 3.28. The van der Waals surface area contributed by atoms with Crippen LogP contribution in [0.2, 0.25) is 0 Å². The van der Waals surface area contributed by atoms with Crippen molar-refractivity contribution in [1.82, 2.24) is 15.3 Å². The minimum absolute atomic E-state index is 0. The molecule has 0 amide bonds. The first-order valence-electron chi connectivity index (χ1n) is 7.23. The Balaban J connectivity index is 0.00000161. The number of aromatic nitrogens is 2. The molecule has 1 aromatic carbocycles. The van der Waals surface area contributed by atoms with E-state index in [2.05, 4.69) is 33.3 Å². The summed E-state index contributed by atoms with van der Waals surface area (Å²) >= 11 is 0. The third-order valence-electron chi connectivity index (χ3n) is 3.87. The van der Waals surface area contributed by atoms with Crippen LogP contribution >= 0.6 is 24.0 Å². The number of benzene rings is 1. The molecule has 5 nitrogen and oxygen atoms in total. The molecule has 0 unspecified atom stereocenters. The Morgan fingerprint density at radius 3 is 2.90 bits per heavy atom. The molecule has 0 radical (unpaired) electrons. The average molecular weight is 399 g/mol. The maximum absolute atomic E-state index is 5.92. The number of H-pyrrole nitrogens is 1. The molecule has 1 fully saturated rings. The minimum atomic E-state index is 0. The first kappa shape index (κ1) is 16.1. The van der Waals surface area contributed by atoms with Gasteiger partial charge in [0.05, 0.1) is 11.0 Å². The van der Waals surface area contributed by atoms with E-state index >= 15 is 0 Å². The number of aromatic amines is 1. The molecular weight excluding hydrogens is 377 g/mol. The Labute approximate surface area is 141 Å². The summed E-state index contributed by atoms with van der Waals surface area (Å²) in [6.07, 6.45) is 4.96. The number of para-hydroxylation sites is 1. The van der Waals surface area contributed by atoms with E-state index in [1.54, 1.807) is 0 Å². The Bertz CT molecular complexity index is 628. The van der Waals surface area contributed by atoms with Crippen LogP contribution in [0.4, 0.5) is 0 Å². The number of imidazole rings is 1. The van der Waals surface area contributed by atoms with Crippen LogP contribution < -0.4 is 11.1 Å². The van der Waals surface area contributed by atoms with Gasteiger partial charge in [0.15, 0.2) is 5.96 Å². The molecule has 1 heterocycles. The fourth-order valence-corrected chi connectivity index (χ4v) is 2.79. The highest BCUT2D eigenvalue weighted by Crippen LogP contribution is 2.17. The normalized spacial score (nSPS) is 16.1. The smallest absolute Gasteiger partial charge is 0.189 e. The van der Waals surface area contributed by atoms with Crippen molar-refractivity contribution >= 4 is 41.0 Å². The van der Waals surface area contributed by atoms with Crippen LogP contribution in [0, 0.1) is 6.92 Å². The second-order valence-corrected chi connectivity index (χ2v) is 5.48. The summed E-state index contributed by atoms with van der Waals surface area (Å²) in [5.74, 6) is 1.37. The van der Waals surface area contributed by atoms with Gasteiger partial charge in [-0.05, 0) is 31.4 Å². The van der Waals surface area contributed by atoms with Crippen LogP contribution in [0.25, 0.3) is 11.0 Å². The summed E-state index contributed by atoms with van der Waals surface area (Å²) < 4.78 is 0. The highest BCUT2D eigenvalue weighted by molar-refractivity contribution is 14.0. The molecule has 0 spiro atoms. The predicted molar refractivity (Wildman–Crippen MR) is 97.0 cm³/mol. The molecule has 1 aliphatic rings. The van der Waals surface area contributed by atoms with Crippen LogP contribution in [-0.4, -0.2) is 22.0 Å². The molecular formula is C15H22IN5. The lowest BCUT2D eigenvalue weighted by atomic mass is 10.2. The van der Waals surface area contributed by atoms with Crippen molar-refractivity contribution in [3.8, 4) is 0 Å². The summed E-state index contributed by atoms with van der Waals surface area (Å²) in [7, 11) is 0. The first-order valence-corrected chi connectivity index (χ1v) is 7.23. The third kappa shape index (κ3) is 3.87. The fraction of sp³-hybridized carbons (Fsp3) is 0.467. The van der Waals surface area contributed by atoms with Crippen molar-refractivity contribution in [3.05, 3.63) is 29.6 Å². The summed E-state index contributed by atoms with van der Waals surface area (Å²) in [6.45, 7) is 2.55. The zero-order valence-corrected chi connectivity index (χ0v) is 14.6. The second kappa shape index (κ2) is 7.11. The van der Waals surface area contributed by atoms with Crippen molar-refractivity contribution in [2.24, 2.45) is 10.7 Å². The van der Waals surface area contributed by atoms with E-state index in [1.807, 2.05) is 12.1 Å². The molecule has 0 aliphatic heterocycles. The summed E-state index contributed by atoms with van der Waals surface area (Å²) in [4.78, 5) is 12.2. The van der Waals surface area contributed by atoms with Gasteiger partial charge in [-0.25, -0.2) is 9.98 Å². The van der Waals surface area contributed by atoms with Gasteiger partial charge in [0.1, 0.15) is 12.4 Å². The molecule has 1 aromatic heterocycles. The molecule has 114 valence electrons. The number of nitrogens with zero attached hydrogens (tertiary/aromatic N) is 2. The number of aryl methyl sites for hydroxylation is 1. The monoisotopic (exact) mass is 399 g/mol. The van der Waals surface area contributed by atoms with E-state index in [0.717, 1.165) is 16.9 Å². The van der Waals surface area contributed by atoms with Gasteiger partial charge >= 0.3 is 0 Å². The maximum Gasteiger partial charge on any atom is 0.189 e. The molecule has 2 aromatic rings. The van der Waals surface area contributed by atoms with Gasteiger partial charge in [-0.15, -0.1) is 24.0 Å². The molecule has 1 aliphatic carbocycles. The van der Waals surface area contributed by atoms with Gasteiger partial charge in [-0.1, -0.05) is 25.0 Å². The van der Waals surface area contributed by atoms with E-state index in [1.165, 1.54) is 31.2 Å². The molecule has 6 heteroatoms. The average Bonchev–Trinajstić information content (AvgIpc) is 3.06.